The molecule has 0 fully saturated rings. The minimum absolute atomic E-state index is 0.283. The molecule has 0 saturated heterocycles. The molecular formula is C29H31N3OS. The van der Waals surface area contributed by atoms with Crippen LogP contribution in [0.5, 0.6) is 0 Å². The van der Waals surface area contributed by atoms with Crippen molar-refractivity contribution in [1.82, 2.24) is 4.98 Å². The van der Waals surface area contributed by atoms with E-state index in [1.165, 1.54) is 0 Å². The third-order valence-corrected chi connectivity index (χ3v) is 7.02. The van der Waals surface area contributed by atoms with Crippen molar-refractivity contribution in [3.05, 3.63) is 89.5 Å². The molecule has 4 rings (SSSR count). The molecule has 4 aromatic rings. The Morgan fingerprint density at radius 1 is 0.794 bits per heavy atom. The first kappa shape index (κ1) is 23.7. The summed E-state index contributed by atoms with van der Waals surface area (Å²) in [6, 6.07) is 24.2. The van der Waals surface area contributed by atoms with Gasteiger partial charge in [0.05, 0.1) is 4.88 Å². The van der Waals surface area contributed by atoms with Crippen molar-refractivity contribution in [2.24, 2.45) is 0 Å². The third-order valence-electron chi connectivity index (χ3n) is 5.88. The highest BCUT2D eigenvalue weighted by atomic mass is 32.1. The number of rotatable bonds is 6. The topological polar surface area (TPSA) is 54.0 Å². The number of anilines is 2. The van der Waals surface area contributed by atoms with Crippen molar-refractivity contribution in [3.8, 4) is 21.0 Å². The van der Waals surface area contributed by atoms with Crippen LogP contribution in [0, 0.1) is 6.92 Å². The fourth-order valence-electron chi connectivity index (χ4n) is 4.07. The zero-order valence-electron chi connectivity index (χ0n) is 20.3. The Hall–Kier alpha value is -3.44. The SMILES string of the molecule is Cc1ccccc1-c1sc(-c2ccccc2)nc1NC(=O)Nc1c(C(C)C)cccc1C(C)C. The maximum Gasteiger partial charge on any atom is 0.324 e. The van der Waals surface area contributed by atoms with Crippen molar-refractivity contribution in [1.29, 1.82) is 0 Å². The fourth-order valence-corrected chi connectivity index (χ4v) is 5.18. The van der Waals surface area contributed by atoms with Gasteiger partial charge in [-0.25, -0.2) is 9.78 Å². The van der Waals surface area contributed by atoms with Crippen LogP contribution < -0.4 is 10.6 Å². The number of nitrogens with one attached hydrogen (secondary N) is 2. The van der Waals surface area contributed by atoms with Crippen LogP contribution in [0.3, 0.4) is 0 Å². The van der Waals surface area contributed by atoms with Crippen LogP contribution in [0.2, 0.25) is 0 Å². The molecule has 1 aromatic heterocycles. The number of hydrogen-bond donors (Lipinski definition) is 2. The van der Waals surface area contributed by atoms with E-state index >= 15 is 0 Å². The lowest BCUT2D eigenvalue weighted by atomic mass is 9.93. The molecule has 0 atom stereocenters. The van der Waals surface area contributed by atoms with Crippen LogP contribution in [0.25, 0.3) is 21.0 Å². The number of urea groups is 1. The average molecular weight is 470 g/mol. The van der Waals surface area contributed by atoms with E-state index < -0.39 is 0 Å². The average Bonchev–Trinajstić information content (AvgIpc) is 3.23. The molecule has 3 aromatic carbocycles. The van der Waals surface area contributed by atoms with Gasteiger partial charge < -0.3 is 5.32 Å². The van der Waals surface area contributed by atoms with Crippen molar-refractivity contribution >= 4 is 28.9 Å². The highest BCUT2D eigenvalue weighted by Crippen LogP contribution is 2.40. The van der Waals surface area contributed by atoms with Crippen molar-refractivity contribution < 1.29 is 4.79 Å². The Morgan fingerprint density at radius 3 is 2.03 bits per heavy atom. The molecule has 0 radical (unpaired) electrons. The zero-order valence-corrected chi connectivity index (χ0v) is 21.2. The molecule has 4 nitrogen and oxygen atoms in total. The number of para-hydroxylation sites is 1. The van der Waals surface area contributed by atoms with E-state index in [4.69, 9.17) is 4.98 Å². The molecule has 0 aliphatic rings. The molecule has 0 spiro atoms. The van der Waals surface area contributed by atoms with E-state index in [-0.39, 0.29) is 6.03 Å². The smallest absolute Gasteiger partial charge is 0.307 e. The van der Waals surface area contributed by atoms with E-state index in [1.807, 2.05) is 42.5 Å². The largest absolute Gasteiger partial charge is 0.324 e. The summed E-state index contributed by atoms with van der Waals surface area (Å²) < 4.78 is 0. The Morgan fingerprint density at radius 2 is 1.41 bits per heavy atom. The van der Waals surface area contributed by atoms with E-state index in [0.717, 1.165) is 43.4 Å². The van der Waals surface area contributed by atoms with E-state index in [0.29, 0.717) is 17.7 Å². The summed E-state index contributed by atoms with van der Waals surface area (Å²) in [7, 11) is 0. The van der Waals surface area contributed by atoms with Gasteiger partial charge in [-0.3, -0.25) is 5.32 Å². The van der Waals surface area contributed by atoms with Gasteiger partial charge in [0, 0.05) is 11.3 Å². The molecule has 0 aliphatic carbocycles. The minimum Gasteiger partial charge on any atom is -0.307 e. The summed E-state index contributed by atoms with van der Waals surface area (Å²) in [5.41, 5.74) is 6.39. The van der Waals surface area contributed by atoms with Crippen LogP contribution >= 0.6 is 11.3 Å². The molecule has 0 aliphatic heterocycles. The number of carbonyl (C=O) groups excluding carboxylic acids is 1. The normalized spacial score (nSPS) is 11.1. The number of benzene rings is 3. The highest BCUT2D eigenvalue weighted by Gasteiger charge is 2.20. The maximum atomic E-state index is 13.3. The first-order valence-electron chi connectivity index (χ1n) is 11.7. The summed E-state index contributed by atoms with van der Waals surface area (Å²) in [5, 5.41) is 7.08. The fraction of sp³-hybridized carbons (Fsp3) is 0.241. The second-order valence-corrected chi connectivity index (χ2v) is 10.1. The van der Waals surface area contributed by atoms with Gasteiger partial charge in [0.15, 0.2) is 5.82 Å². The number of thiazole rings is 1. The number of hydrogen-bond acceptors (Lipinski definition) is 3. The molecule has 174 valence electrons. The summed E-state index contributed by atoms with van der Waals surface area (Å²) >= 11 is 1.59. The van der Waals surface area contributed by atoms with Crippen LogP contribution in [-0.4, -0.2) is 11.0 Å². The molecule has 0 unspecified atom stereocenters. The van der Waals surface area contributed by atoms with Gasteiger partial charge in [-0.2, -0.15) is 0 Å². The Labute approximate surface area is 206 Å². The minimum atomic E-state index is -0.283. The molecule has 2 amide bonds. The number of carbonyl (C=O) groups is 1. The zero-order chi connectivity index (χ0) is 24.2. The number of aromatic nitrogens is 1. The van der Waals surface area contributed by atoms with E-state index in [2.05, 4.69) is 75.6 Å². The Bertz CT molecular complexity index is 1270. The first-order valence-corrected chi connectivity index (χ1v) is 12.5. The van der Waals surface area contributed by atoms with Crippen molar-refractivity contribution in [2.45, 2.75) is 46.5 Å². The standard InChI is InChI=1S/C29H31N3OS/c1-18(2)22-16-11-17-23(19(3)4)25(22)30-29(33)32-27-26(24-15-10-9-12-20(24)5)34-28(31-27)21-13-7-6-8-14-21/h6-19H,1-5H3,(H2,30,32,33). The molecule has 34 heavy (non-hydrogen) atoms. The van der Waals surface area contributed by atoms with Gasteiger partial charge in [-0.15, -0.1) is 11.3 Å². The highest BCUT2D eigenvalue weighted by molar-refractivity contribution is 7.19. The molecule has 0 saturated carbocycles. The van der Waals surface area contributed by atoms with Crippen molar-refractivity contribution in [3.63, 3.8) is 0 Å². The van der Waals surface area contributed by atoms with Crippen LogP contribution in [0.15, 0.2) is 72.8 Å². The van der Waals surface area contributed by atoms with Gasteiger partial charge in [-0.05, 0) is 41.0 Å². The third kappa shape index (κ3) is 5.05. The number of aryl methyl sites for hydroxylation is 1. The molecule has 2 N–H and O–H groups in total. The molecule has 1 heterocycles. The van der Waals surface area contributed by atoms with Gasteiger partial charge in [-0.1, -0.05) is 100 Å². The maximum absolute atomic E-state index is 13.3. The molecular weight excluding hydrogens is 438 g/mol. The lowest BCUT2D eigenvalue weighted by Gasteiger charge is -2.20. The van der Waals surface area contributed by atoms with Crippen molar-refractivity contribution in [2.75, 3.05) is 10.6 Å². The monoisotopic (exact) mass is 469 g/mol. The predicted molar refractivity (Wildman–Crippen MR) is 145 cm³/mol. The Kier molecular flexibility index (Phi) is 7.13. The lowest BCUT2D eigenvalue weighted by Crippen LogP contribution is -2.22. The second kappa shape index (κ2) is 10.2. The van der Waals surface area contributed by atoms with Crippen LogP contribution in [0.4, 0.5) is 16.3 Å². The molecule has 5 heteroatoms. The van der Waals surface area contributed by atoms with Gasteiger partial charge >= 0.3 is 6.03 Å². The lowest BCUT2D eigenvalue weighted by molar-refractivity contribution is 0.262. The van der Waals surface area contributed by atoms with Gasteiger partial charge in [0.2, 0.25) is 0 Å². The summed E-state index contributed by atoms with van der Waals surface area (Å²) in [6.45, 7) is 10.7. The van der Waals surface area contributed by atoms with Gasteiger partial charge in [0.25, 0.3) is 0 Å². The predicted octanol–water partition coefficient (Wildman–Crippen LogP) is 8.68. The number of nitrogens with zero attached hydrogens (tertiary/aromatic N) is 1. The summed E-state index contributed by atoms with van der Waals surface area (Å²) in [6.07, 6.45) is 0. The van der Waals surface area contributed by atoms with Crippen LogP contribution in [-0.2, 0) is 0 Å². The van der Waals surface area contributed by atoms with E-state index in [1.54, 1.807) is 11.3 Å². The quantitative estimate of drug-likeness (QED) is 0.297. The molecule has 0 bridgehead atoms. The second-order valence-electron chi connectivity index (χ2n) is 9.08. The van der Waals surface area contributed by atoms with Crippen LogP contribution in [0.1, 0.15) is 56.2 Å². The number of amides is 2. The summed E-state index contributed by atoms with van der Waals surface area (Å²) in [4.78, 5) is 19.1. The Balaban J connectivity index is 1.71. The van der Waals surface area contributed by atoms with E-state index in [9.17, 15) is 4.79 Å². The first-order chi connectivity index (χ1) is 16.3. The summed E-state index contributed by atoms with van der Waals surface area (Å²) in [5.74, 6) is 1.16. The van der Waals surface area contributed by atoms with Gasteiger partial charge in [0.1, 0.15) is 5.01 Å².